The molecule has 0 unspecified atom stereocenters. The summed E-state index contributed by atoms with van der Waals surface area (Å²) < 4.78 is 6.50. The standard InChI is InChI=1S/C11H11N3O2/c1-16-10-5-2-4-9(13-10)8-14-7-3-6-12-11(14)15/h2-7H,8H2,1H3. The lowest BCUT2D eigenvalue weighted by Gasteiger charge is -2.05. The van der Waals surface area contributed by atoms with Crippen LogP contribution < -0.4 is 10.4 Å². The van der Waals surface area contributed by atoms with Crippen LogP contribution in [-0.2, 0) is 6.54 Å². The molecule has 2 aromatic heterocycles. The lowest BCUT2D eigenvalue weighted by Crippen LogP contribution is -2.22. The van der Waals surface area contributed by atoms with E-state index in [-0.39, 0.29) is 5.69 Å². The summed E-state index contributed by atoms with van der Waals surface area (Å²) in [5.74, 6) is 0.537. The van der Waals surface area contributed by atoms with Gasteiger partial charge in [0.15, 0.2) is 0 Å². The minimum absolute atomic E-state index is 0.285. The molecule has 0 aliphatic carbocycles. The van der Waals surface area contributed by atoms with Crippen LogP contribution >= 0.6 is 0 Å². The number of rotatable bonds is 3. The van der Waals surface area contributed by atoms with Crippen LogP contribution in [0, 0.1) is 0 Å². The number of aromatic nitrogens is 3. The third-order valence-corrected chi connectivity index (χ3v) is 2.11. The zero-order valence-corrected chi connectivity index (χ0v) is 8.83. The highest BCUT2D eigenvalue weighted by atomic mass is 16.5. The fourth-order valence-electron chi connectivity index (χ4n) is 1.34. The van der Waals surface area contributed by atoms with Gasteiger partial charge in [0.2, 0.25) is 5.88 Å². The second-order valence-electron chi connectivity index (χ2n) is 3.20. The van der Waals surface area contributed by atoms with Crippen molar-refractivity contribution in [2.75, 3.05) is 7.11 Å². The fraction of sp³-hybridized carbons (Fsp3) is 0.182. The van der Waals surface area contributed by atoms with Crippen LogP contribution in [0.5, 0.6) is 5.88 Å². The maximum absolute atomic E-state index is 11.4. The number of methoxy groups -OCH3 is 1. The Morgan fingerprint density at radius 2 is 2.25 bits per heavy atom. The molecular weight excluding hydrogens is 206 g/mol. The first-order valence-electron chi connectivity index (χ1n) is 4.81. The van der Waals surface area contributed by atoms with Gasteiger partial charge in [0.05, 0.1) is 19.3 Å². The van der Waals surface area contributed by atoms with E-state index in [2.05, 4.69) is 9.97 Å². The quantitative estimate of drug-likeness (QED) is 0.759. The van der Waals surface area contributed by atoms with Crippen molar-refractivity contribution in [2.45, 2.75) is 6.54 Å². The normalized spacial score (nSPS) is 10.1. The van der Waals surface area contributed by atoms with Crippen LogP contribution in [0.2, 0.25) is 0 Å². The van der Waals surface area contributed by atoms with Gasteiger partial charge in [-0.25, -0.2) is 14.8 Å². The largest absolute Gasteiger partial charge is 0.481 e. The summed E-state index contributed by atoms with van der Waals surface area (Å²) in [4.78, 5) is 19.3. The Labute approximate surface area is 92.4 Å². The van der Waals surface area contributed by atoms with Gasteiger partial charge in [0.25, 0.3) is 0 Å². The maximum atomic E-state index is 11.4. The minimum atomic E-state index is -0.285. The Bertz CT molecular complexity index is 537. The molecule has 0 atom stereocenters. The highest BCUT2D eigenvalue weighted by Crippen LogP contribution is 2.06. The van der Waals surface area contributed by atoms with E-state index < -0.39 is 0 Å². The molecular formula is C11H11N3O2. The van der Waals surface area contributed by atoms with Gasteiger partial charge in [0, 0.05) is 18.5 Å². The van der Waals surface area contributed by atoms with Gasteiger partial charge in [-0.3, -0.25) is 4.57 Å². The summed E-state index contributed by atoms with van der Waals surface area (Å²) in [5.41, 5.74) is 0.474. The van der Waals surface area contributed by atoms with Gasteiger partial charge in [0.1, 0.15) is 0 Å². The number of ether oxygens (including phenoxy) is 1. The van der Waals surface area contributed by atoms with E-state index in [9.17, 15) is 4.79 Å². The van der Waals surface area contributed by atoms with Crippen LogP contribution in [0.1, 0.15) is 5.69 Å². The monoisotopic (exact) mass is 217 g/mol. The molecule has 0 aliphatic rings. The Kier molecular flexibility index (Phi) is 2.95. The molecule has 0 saturated carbocycles. The minimum Gasteiger partial charge on any atom is -0.481 e. The zero-order chi connectivity index (χ0) is 11.4. The van der Waals surface area contributed by atoms with Crippen molar-refractivity contribution in [3.63, 3.8) is 0 Å². The summed E-state index contributed by atoms with van der Waals surface area (Å²) in [6.07, 6.45) is 3.15. The molecule has 16 heavy (non-hydrogen) atoms. The van der Waals surface area contributed by atoms with Crippen molar-refractivity contribution >= 4 is 0 Å². The molecule has 5 heteroatoms. The average molecular weight is 217 g/mol. The summed E-state index contributed by atoms with van der Waals surface area (Å²) in [5, 5.41) is 0. The zero-order valence-electron chi connectivity index (χ0n) is 8.83. The van der Waals surface area contributed by atoms with Crippen LogP contribution in [0.25, 0.3) is 0 Å². The molecule has 5 nitrogen and oxygen atoms in total. The van der Waals surface area contributed by atoms with E-state index >= 15 is 0 Å². The molecule has 2 heterocycles. The van der Waals surface area contributed by atoms with Crippen molar-refractivity contribution in [3.05, 3.63) is 52.8 Å². The van der Waals surface area contributed by atoms with Crippen molar-refractivity contribution in [1.82, 2.24) is 14.5 Å². The van der Waals surface area contributed by atoms with E-state index in [1.54, 1.807) is 25.4 Å². The molecule has 0 fully saturated rings. The molecule has 0 amide bonds. The highest BCUT2D eigenvalue weighted by molar-refractivity contribution is 5.15. The fourth-order valence-corrected chi connectivity index (χ4v) is 1.34. The molecule has 2 aromatic rings. The lowest BCUT2D eigenvalue weighted by atomic mass is 10.3. The van der Waals surface area contributed by atoms with Gasteiger partial charge in [-0.1, -0.05) is 6.07 Å². The third kappa shape index (κ3) is 2.25. The number of hydrogen-bond acceptors (Lipinski definition) is 4. The summed E-state index contributed by atoms with van der Waals surface area (Å²) in [6.45, 7) is 0.393. The number of nitrogens with zero attached hydrogens (tertiary/aromatic N) is 3. The molecule has 0 radical (unpaired) electrons. The van der Waals surface area contributed by atoms with Crippen molar-refractivity contribution in [1.29, 1.82) is 0 Å². The second kappa shape index (κ2) is 4.57. The van der Waals surface area contributed by atoms with Crippen molar-refractivity contribution in [2.24, 2.45) is 0 Å². The maximum Gasteiger partial charge on any atom is 0.347 e. The smallest absolute Gasteiger partial charge is 0.347 e. The first-order chi connectivity index (χ1) is 7.79. The van der Waals surface area contributed by atoms with E-state index in [1.807, 2.05) is 12.1 Å². The Hall–Kier alpha value is -2.17. The third-order valence-electron chi connectivity index (χ3n) is 2.11. The van der Waals surface area contributed by atoms with Crippen LogP contribution in [-0.4, -0.2) is 21.6 Å². The van der Waals surface area contributed by atoms with Crippen LogP contribution in [0.15, 0.2) is 41.5 Å². The summed E-state index contributed by atoms with van der Waals surface area (Å²) in [7, 11) is 1.56. The van der Waals surface area contributed by atoms with Gasteiger partial charge >= 0.3 is 5.69 Å². The van der Waals surface area contributed by atoms with E-state index in [0.29, 0.717) is 12.4 Å². The summed E-state index contributed by atoms with van der Waals surface area (Å²) >= 11 is 0. The van der Waals surface area contributed by atoms with E-state index in [0.717, 1.165) is 5.69 Å². The Morgan fingerprint density at radius 3 is 3.00 bits per heavy atom. The molecule has 0 aromatic carbocycles. The van der Waals surface area contributed by atoms with Crippen molar-refractivity contribution < 1.29 is 4.74 Å². The molecule has 2 rings (SSSR count). The first kappa shape index (κ1) is 10.4. The topological polar surface area (TPSA) is 57.0 Å². The predicted octanol–water partition coefficient (Wildman–Crippen LogP) is 0.695. The van der Waals surface area contributed by atoms with E-state index in [1.165, 1.54) is 10.8 Å². The Balaban J connectivity index is 2.27. The van der Waals surface area contributed by atoms with Crippen molar-refractivity contribution in [3.8, 4) is 5.88 Å². The summed E-state index contributed by atoms with van der Waals surface area (Å²) in [6, 6.07) is 7.14. The lowest BCUT2D eigenvalue weighted by molar-refractivity contribution is 0.395. The molecule has 0 N–H and O–H groups in total. The average Bonchev–Trinajstić information content (AvgIpc) is 2.32. The van der Waals surface area contributed by atoms with Gasteiger partial charge < -0.3 is 4.74 Å². The van der Waals surface area contributed by atoms with Crippen LogP contribution in [0.4, 0.5) is 0 Å². The number of pyridine rings is 1. The van der Waals surface area contributed by atoms with Gasteiger partial charge in [-0.2, -0.15) is 0 Å². The molecule has 0 bridgehead atoms. The first-order valence-corrected chi connectivity index (χ1v) is 4.81. The Morgan fingerprint density at radius 1 is 1.38 bits per heavy atom. The predicted molar refractivity (Wildman–Crippen MR) is 58.4 cm³/mol. The SMILES string of the molecule is COc1cccc(Cn2cccnc2=O)n1. The molecule has 0 saturated heterocycles. The second-order valence-corrected chi connectivity index (χ2v) is 3.20. The van der Waals surface area contributed by atoms with Crippen LogP contribution in [0.3, 0.4) is 0 Å². The molecule has 0 aliphatic heterocycles. The van der Waals surface area contributed by atoms with Gasteiger partial charge in [-0.15, -0.1) is 0 Å². The highest BCUT2D eigenvalue weighted by Gasteiger charge is 2.00. The van der Waals surface area contributed by atoms with E-state index in [4.69, 9.17) is 4.74 Å². The molecule has 82 valence electrons. The molecule has 0 spiro atoms. The van der Waals surface area contributed by atoms with Gasteiger partial charge in [-0.05, 0) is 12.1 Å². The number of hydrogen-bond donors (Lipinski definition) is 0.